The van der Waals surface area contributed by atoms with Crippen LogP contribution in [0.1, 0.15) is 18.4 Å². The molecule has 0 atom stereocenters. The third-order valence-corrected chi connectivity index (χ3v) is 2.35. The first-order chi connectivity index (χ1) is 8.93. The maximum atomic E-state index is 3.63. The Morgan fingerprint density at radius 3 is 1.37 bits per heavy atom. The zero-order valence-electron chi connectivity index (χ0n) is 11.2. The summed E-state index contributed by atoms with van der Waals surface area (Å²) in [5.41, 5.74) is 1.17. The number of rotatable bonds is 1. The van der Waals surface area contributed by atoms with E-state index in [-0.39, 0.29) is 13.5 Å². The van der Waals surface area contributed by atoms with Gasteiger partial charge in [-0.3, -0.25) is 0 Å². The van der Waals surface area contributed by atoms with Gasteiger partial charge in [0.25, 0.3) is 0 Å². The summed E-state index contributed by atoms with van der Waals surface area (Å²) >= 11 is 0. The maximum Gasteiger partial charge on any atom is -0.0163 e. The van der Waals surface area contributed by atoms with Gasteiger partial charge in [0.2, 0.25) is 0 Å². The maximum absolute atomic E-state index is 3.63. The molecule has 0 amide bonds. The Kier molecular flexibility index (Phi) is 11.6. The van der Waals surface area contributed by atoms with Gasteiger partial charge in [0.05, 0.1) is 0 Å². The van der Waals surface area contributed by atoms with Gasteiger partial charge in [0, 0.05) is 0 Å². The predicted molar refractivity (Wildman–Crippen MR) is 92.7 cm³/mol. The summed E-state index contributed by atoms with van der Waals surface area (Å²) in [5, 5.41) is 0. The normalized spacial score (nSPS) is 12.8. The first-order valence-electron chi connectivity index (χ1n) is 6.24. The molecule has 1 aromatic carbocycles. The second-order valence-electron chi connectivity index (χ2n) is 3.80. The summed E-state index contributed by atoms with van der Waals surface area (Å²) in [4.78, 5) is 0. The molecular weight excluding hydrogens is 248 g/mol. The van der Waals surface area contributed by atoms with E-state index >= 15 is 0 Å². The molecule has 0 nitrogen and oxygen atoms in total. The van der Waals surface area contributed by atoms with E-state index in [1.165, 1.54) is 5.56 Å². The SMILES string of the molecule is C1=CCC=C1.C1=CCC=C1.C=Cc1ccccc1.S. The van der Waals surface area contributed by atoms with E-state index in [0.717, 1.165) is 12.8 Å². The van der Waals surface area contributed by atoms with E-state index in [0.29, 0.717) is 0 Å². The van der Waals surface area contributed by atoms with Crippen molar-refractivity contribution in [2.45, 2.75) is 12.8 Å². The highest BCUT2D eigenvalue weighted by atomic mass is 32.1. The van der Waals surface area contributed by atoms with Crippen molar-refractivity contribution in [1.82, 2.24) is 0 Å². The minimum atomic E-state index is 0. The minimum absolute atomic E-state index is 0. The second-order valence-corrected chi connectivity index (χ2v) is 3.80. The summed E-state index contributed by atoms with van der Waals surface area (Å²) < 4.78 is 0. The van der Waals surface area contributed by atoms with Crippen LogP contribution in [-0.4, -0.2) is 0 Å². The summed E-state index contributed by atoms with van der Waals surface area (Å²) in [6.45, 7) is 3.63. The molecule has 0 bridgehead atoms. The van der Waals surface area contributed by atoms with E-state index in [1.54, 1.807) is 0 Å². The van der Waals surface area contributed by atoms with Crippen LogP contribution in [0.4, 0.5) is 0 Å². The highest BCUT2D eigenvalue weighted by Gasteiger charge is 1.76. The molecule has 1 heteroatoms. The third-order valence-electron chi connectivity index (χ3n) is 2.35. The highest BCUT2D eigenvalue weighted by molar-refractivity contribution is 7.59. The Hall–Kier alpha value is -1.73. The summed E-state index contributed by atoms with van der Waals surface area (Å²) in [7, 11) is 0. The number of hydrogen-bond donors (Lipinski definition) is 0. The van der Waals surface area contributed by atoms with Crippen LogP contribution >= 0.6 is 13.5 Å². The van der Waals surface area contributed by atoms with E-state index in [2.05, 4.69) is 55.2 Å². The topological polar surface area (TPSA) is 0 Å². The Morgan fingerprint density at radius 1 is 0.737 bits per heavy atom. The highest BCUT2D eigenvalue weighted by Crippen LogP contribution is 1.97. The van der Waals surface area contributed by atoms with E-state index in [9.17, 15) is 0 Å². The lowest BCUT2D eigenvalue weighted by molar-refractivity contribution is 1.45. The van der Waals surface area contributed by atoms with Crippen LogP contribution in [0.25, 0.3) is 6.08 Å². The van der Waals surface area contributed by atoms with Gasteiger partial charge < -0.3 is 0 Å². The molecule has 1 aromatic rings. The Bertz CT molecular complexity index is 394. The fraction of sp³-hybridized carbons (Fsp3) is 0.111. The largest absolute Gasteiger partial charge is 0.197 e. The fourth-order valence-corrected chi connectivity index (χ4v) is 1.37. The standard InChI is InChI=1S/C8H8.2C5H6.H2S/c1-2-8-6-4-3-5-7-8;2*1-2-4-5-3-1;/h2-7H,1H2;2*1-4H,5H2;1H2. The molecule has 19 heavy (non-hydrogen) atoms. The van der Waals surface area contributed by atoms with Crippen molar-refractivity contribution in [1.29, 1.82) is 0 Å². The molecule has 0 unspecified atom stereocenters. The van der Waals surface area contributed by atoms with Crippen LogP contribution in [0.15, 0.2) is 85.5 Å². The lowest BCUT2D eigenvalue weighted by Gasteiger charge is -1.85. The molecule has 0 spiro atoms. The predicted octanol–water partition coefficient (Wildman–Crippen LogP) is 5.45. The van der Waals surface area contributed by atoms with Crippen LogP contribution in [0.3, 0.4) is 0 Å². The van der Waals surface area contributed by atoms with Gasteiger partial charge in [-0.25, -0.2) is 0 Å². The smallest absolute Gasteiger partial charge is 0.0163 e. The van der Waals surface area contributed by atoms with Crippen molar-refractivity contribution >= 4 is 19.6 Å². The van der Waals surface area contributed by atoms with Crippen LogP contribution < -0.4 is 0 Å². The number of hydrogen-bond acceptors (Lipinski definition) is 0. The Labute approximate surface area is 124 Å². The van der Waals surface area contributed by atoms with Crippen molar-refractivity contribution < 1.29 is 0 Å². The first kappa shape index (κ1) is 17.3. The van der Waals surface area contributed by atoms with Gasteiger partial charge in [-0.2, -0.15) is 13.5 Å². The van der Waals surface area contributed by atoms with Crippen LogP contribution in [0.2, 0.25) is 0 Å². The summed E-state index contributed by atoms with van der Waals surface area (Å²) in [6.07, 6.45) is 20.8. The lowest BCUT2D eigenvalue weighted by Crippen LogP contribution is -1.63. The molecule has 0 aliphatic heterocycles. The zero-order chi connectivity index (χ0) is 12.9. The quantitative estimate of drug-likeness (QED) is 0.636. The lowest BCUT2D eigenvalue weighted by atomic mass is 10.2. The molecule has 0 saturated carbocycles. The molecule has 0 heterocycles. The van der Waals surface area contributed by atoms with Crippen molar-refractivity contribution in [3.63, 3.8) is 0 Å². The monoisotopic (exact) mass is 270 g/mol. The Balaban J connectivity index is 0.000000259. The average Bonchev–Trinajstić information content (AvgIpc) is 3.17. The molecule has 0 aromatic heterocycles. The van der Waals surface area contributed by atoms with Crippen molar-refractivity contribution in [3.8, 4) is 0 Å². The molecule has 2 aliphatic carbocycles. The molecule has 3 rings (SSSR count). The number of allylic oxidation sites excluding steroid dienone is 8. The van der Waals surface area contributed by atoms with Crippen molar-refractivity contribution in [2.75, 3.05) is 0 Å². The van der Waals surface area contributed by atoms with Gasteiger partial charge in [-0.15, -0.1) is 0 Å². The Morgan fingerprint density at radius 2 is 1.16 bits per heavy atom. The first-order valence-corrected chi connectivity index (χ1v) is 6.24. The van der Waals surface area contributed by atoms with Crippen LogP contribution in [0, 0.1) is 0 Å². The molecule has 2 aliphatic rings. The van der Waals surface area contributed by atoms with Gasteiger partial charge >= 0.3 is 0 Å². The van der Waals surface area contributed by atoms with Crippen LogP contribution in [-0.2, 0) is 0 Å². The zero-order valence-corrected chi connectivity index (χ0v) is 12.2. The van der Waals surface area contributed by atoms with E-state index in [1.807, 2.05) is 36.4 Å². The van der Waals surface area contributed by atoms with Crippen molar-refractivity contribution in [2.24, 2.45) is 0 Å². The van der Waals surface area contributed by atoms with E-state index < -0.39 is 0 Å². The minimum Gasteiger partial charge on any atom is -0.197 e. The second kappa shape index (κ2) is 12.7. The summed E-state index contributed by atoms with van der Waals surface area (Å²) in [6, 6.07) is 10.0. The van der Waals surface area contributed by atoms with Gasteiger partial charge in [-0.1, -0.05) is 91.6 Å². The molecule has 0 saturated heterocycles. The fourth-order valence-electron chi connectivity index (χ4n) is 1.37. The van der Waals surface area contributed by atoms with Crippen LogP contribution in [0.5, 0.6) is 0 Å². The third kappa shape index (κ3) is 9.93. The van der Waals surface area contributed by atoms with Gasteiger partial charge in [0.1, 0.15) is 0 Å². The summed E-state index contributed by atoms with van der Waals surface area (Å²) in [5.74, 6) is 0. The van der Waals surface area contributed by atoms with Crippen molar-refractivity contribution in [3.05, 3.63) is 91.1 Å². The molecule has 0 radical (unpaired) electrons. The molecule has 0 N–H and O–H groups in total. The molecule has 100 valence electrons. The number of benzene rings is 1. The molecular formula is C18H22S. The average molecular weight is 270 g/mol. The van der Waals surface area contributed by atoms with Gasteiger partial charge in [0.15, 0.2) is 0 Å². The molecule has 0 fully saturated rings. The van der Waals surface area contributed by atoms with Gasteiger partial charge in [-0.05, 0) is 18.4 Å². The van der Waals surface area contributed by atoms with E-state index in [4.69, 9.17) is 0 Å².